The zero-order valence-corrected chi connectivity index (χ0v) is 11.0. The molecule has 6 nitrogen and oxygen atoms in total. The van der Waals surface area contributed by atoms with Gasteiger partial charge in [-0.25, -0.2) is 4.39 Å². The molecule has 0 aliphatic rings. The largest absolute Gasteiger partial charge is 0.481 e. The van der Waals surface area contributed by atoms with Crippen molar-refractivity contribution in [1.82, 2.24) is 15.0 Å². The van der Waals surface area contributed by atoms with Gasteiger partial charge in [0.05, 0.1) is 5.69 Å². The molecule has 0 bridgehead atoms. The maximum atomic E-state index is 13.0. The molecule has 1 aromatic carbocycles. The fourth-order valence-corrected chi connectivity index (χ4v) is 2.13. The molecule has 0 aliphatic carbocycles. The van der Waals surface area contributed by atoms with Crippen LogP contribution < -0.4 is 5.73 Å². The number of hydrogen-bond acceptors (Lipinski definition) is 4. The Kier molecular flexibility index (Phi) is 3.80. The summed E-state index contributed by atoms with van der Waals surface area (Å²) in [4.78, 5) is 11.7. The molecular weight excluding hydrogens is 263 g/mol. The second-order valence-electron chi connectivity index (χ2n) is 4.66. The number of nitrogens with two attached hydrogens (primary N) is 1. The first-order valence-corrected chi connectivity index (χ1v) is 6.02. The van der Waals surface area contributed by atoms with Gasteiger partial charge in [-0.2, -0.15) is 0 Å². The first kappa shape index (κ1) is 14.1. The average molecular weight is 278 g/mol. The minimum absolute atomic E-state index is 0.0955. The van der Waals surface area contributed by atoms with Crippen molar-refractivity contribution < 1.29 is 14.3 Å². The second-order valence-corrected chi connectivity index (χ2v) is 4.66. The molecule has 20 heavy (non-hydrogen) atoms. The van der Waals surface area contributed by atoms with E-state index in [0.29, 0.717) is 11.3 Å². The predicted molar refractivity (Wildman–Crippen MR) is 69.5 cm³/mol. The molecule has 0 aliphatic heterocycles. The first-order valence-electron chi connectivity index (χ1n) is 6.02. The molecule has 0 fully saturated rings. The highest BCUT2D eigenvalue weighted by Gasteiger charge is 2.40. The maximum absolute atomic E-state index is 13.0. The van der Waals surface area contributed by atoms with E-state index in [0.717, 1.165) is 0 Å². The van der Waals surface area contributed by atoms with E-state index < -0.39 is 17.2 Å². The minimum atomic E-state index is -1.34. The van der Waals surface area contributed by atoms with Gasteiger partial charge in [0.15, 0.2) is 0 Å². The van der Waals surface area contributed by atoms with Crippen molar-refractivity contribution in [3.05, 3.63) is 47.5 Å². The lowest BCUT2D eigenvalue weighted by Gasteiger charge is -2.27. The van der Waals surface area contributed by atoms with Crippen molar-refractivity contribution in [3.8, 4) is 0 Å². The topological polar surface area (TPSA) is 94.0 Å². The number of hydrogen-bond donors (Lipinski definition) is 2. The lowest BCUT2D eigenvalue weighted by atomic mass is 9.77. The van der Waals surface area contributed by atoms with E-state index in [1.807, 2.05) is 0 Å². The van der Waals surface area contributed by atoms with Crippen molar-refractivity contribution >= 4 is 5.97 Å². The van der Waals surface area contributed by atoms with Crippen LogP contribution in [0.3, 0.4) is 0 Å². The van der Waals surface area contributed by atoms with Crippen LogP contribution in [0, 0.1) is 5.82 Å². The molecule has 2 rings (SSSR count). The summed E-state index contributed by atoms with van der Waals surface area (Å²) in [6.45, 7) is -0.120. The smallest absolute Gasteiger partial charge is 0.315 e. The van der Waals surface area contributed by atoms with E-state index >= 15 is 0 Å². The van der Waals surface area contributed by atoms with Gasteiger partial charge in [-0.15, -0.1) is 5.10 Å². The number of nitrogens with zero attached hydrogens (tertiary/aromatic N) is 3. The van der Waals surface area contributed by atoms with Crippen LogP contribution in [0.5, 0.6) is 0 Å². The van der Waals surface area contributed by atoms with Gasteiger partial charge in [0.25, 0.3) is 0 Å². The number of aryl methyl sites for hydroxylation is 1. The van der Waals surface area contributed by atoms with E-state index in [1.165, 1.54) is 28.9 Å². The Labute approximate surface area is 115 Å². The quantitative estimate of drug-likeness (QED) is 0.829. The van der Waals surface area contributed by atoms with Crippen LogP contribution in [0.25, 0.3) is 0 Å². The van der Waals surface area contributed by atoms with Gasteiger partial charge in [0.2, 0.25) is 0 Å². The number of carboxylic acids is 1. The summed E-state index contributed by atoms with van der Waals surface area (Å²) in [5.41, 5.74) is 5.32. The van der Waals surface area contributed by atoms with Gasteiger partial charge < -0.3 is 10.8 Å². The summed E-state index contributed by atoms with van der Waals surface area (Å²) >= 11 is 0. The zero-order chi connectivity index (χ0) is 14.8. The zero-order valence-electron chi connectivity index (χ0n) is 11.0. The summed E-state index contributed by atoms with van der Waals surface area (Å²) in [6, 6.07) is 5.32. The maximum Gasteiger partial charge on any atom is 0.315 e. The summed E-state index contributed by atoms with van der Waals surface area (Å²) in [5.74, 6) is -1.50. The van der Waals surface area contributed by atoms with Crippen LogP contribution in [-0.4, -0.2) is 32.6 Å². The Morgan fingerprint density at radius 1 is 1.45 bits per heavy atom. The number of halogens is 1. The van der Waals surface area contributed by atoms with Crippen molar-refractivity contribution in [2.45, 2.75) is 11.8 Å². The van der Waals surface area contributed by atoms with Gasteiger partial charge >= 0.3 is 5.97 Å². The minimum Gasteiger partial charge on any atom is -0.481 e. The molecule has 0 amide bonds. The lowest BCUT2D eigenvalue weighted by molar-refractivity contribution is -0.143. The fourth-order valence-electron chi connectivity index (χ4n) is 2.13. The molecule has 0 saturated carbocycles. The third-order valence-corrected chi connectivity index (χ3v) is 3.29. The number of aliphatic carboxylic acids is 1. The normalized spacial score (nSPS) is 13.9. The average Bonchev–Trinajstić information content (AvgIpc) is 2.82. The highest BCUT2D eigenvalue weighted by atomic mass is 19.1. The Bertz CT molecular complexity index is 611. The number of rotatable bonds is 5. The van der Waals surface area contributed by atoms with Crippen molar-refractivity contribution in [1.29, 1.82) is 0 Å². The van der Waals surface area contributed by atoms with Crippen LogP contribution in [0.15, 0.2) is 30.5 Å². The molecule has 0 radical (unpaired) electrons. The number of benzene rings is 1. The molecule has 1 heterocycles. The molecule has 1 atom stereocenters. The van der Waals surface area contributed by atoms with Crippen molar-refractivity contribution in [2.24, 2.45) is 12.8 Å². The third-order valence-electron chi connectivity index (χ3n) is 3.29. The Morgan fingerprint density at radius 2 is 2.10 bits per heavy atom. The number of carboxylic acid groups (broad SMARTS) is 1. The van der Waals surface area contributed by atoms with E-state index in [1.54, 1.807) is 13.2 Å². The highest BCUT2D eigenvalue weighted by Crippen LogP contribution is 2.28. The molecule has 0 saturated heterocycles. The second kappa shape index (κ2) is 5.38. The summed E-state index contributed by atoms with van der Waals surface area (Å²) in [7, 11) is 1.69. The fraction of sp³-hybridized carbons (Fsp3) is 0.308. The molecule has 106 valence electrons. The lowest BCUT2D eigenvalue weighted by Crippen LogP contribution is -2.45. The van der Waals surface area contributed by atoms with Crippen LogP contribution in [-0.2, 0) is 23.7 Å². The van der Waals surface area contributed by atoms with Gasteiger partial charge in [-0.3, -0.25) is 9.48 Å². The van der Waals surface area contributed by atoms with E-state index in [2.05, 4.69) is 10.3 Å². The molecule has 7 heteroatoms. The van der Waals surface area contributed by atoms with E-state index in [4.69, 9.17) is 5.73 Å². The first-order chi connectivity index (χ1) is 9.48. The van der Waals surface area contributed by atoms with E-state index in [9.17, 15) is 14.3 Å². The third kappa shape index (κ3) is 2.53. The predicted octanol–water partition coefficient (Wildman–Crippen LogP) is 0.478. The monoisotopic (exact) mass is 278 g/mol. The van der Waals surface area contributed by atoms with Crippen molar-refractivity contribution in [3.63, 3.8) is 0 Å². The Balaban J connectivity index is 2.44. The molecule has 3 N–H and O–H groups in total. The van der Waals surface area contributed by atoms with Crippen LogP contribution in [0.1, 0.15) is 11.3 Å². The van der Waals surface area contributed by atoms with Crippen LogP contribution in [0.2, 0.25) is 0 Å². The van der Waals surface area contributed by atoms with Gasteiger partial charge in [0, 0.05) is 26.2 Å². The molecule has 1 unspecified atom stereocenters. The summed E-state index contributed by atoms with van der Waals surface area (Å²) < 4.78 is 14.5. The Hall–Kier alpha value is -2.28. The number of aromatic nitrogens is 3. The summed E-state index contributed by atoms with van der Waals surface area (Å²) in [6.07, 6.45) is 1.73. The standard InChI is InChI=1S/C13H15FN4O2/c1-18-7-11(16-17-18)6-13(8-15,12(19)20)9-2-4-10(14)5-3-9/h2-5,7H,6,8,15H2,1H3,(H,19,20). The Morgan fingerprint density at radius 3 is 2.55 bits per heavy atom. The van der Waals surface area contributed by atoms with Crippen molar-refractivity contribution in [2.75, 3.05) is 6.54 Å². The molecule has 1 aromatic heterocycles. The molecule has 2 aromatic rings. The SMILES string of the molecule is Cn1cc(CC(CN)(C(=O)O)c2ccc(F)cc2)nn1. The molecule has 0 spiro atoms. The van der Waals surface area contributed by atoms with Gasteiger partial charge in [0.1, 0.15) is 11.2 Å². The molecular formula is C13H15FN4O2. The number of carbonyl (C=O) groups is 1. The summed E-state index contributed by atoms with van der Waals surface area (Å²) in [5, 5.41) is 17.3. The van der Waals surface area contributed by atoms with E-state index in [-0.39, 0.29) is 13.0 Å². The van der Waals surface area contributed by atoms with Gasteiger partial charge in [-0.1, -0.05) is 17.3 Å². The van der Waals surface area contributed by atoms with Gasteiger partial charge in [-0.05, 0) is 17.7 Å². The van der Waals surface area contributed by atoms with Crippen LogP contribution in [0.4, 0.5) is 4.39 Å². The highest BCUT2D eigenvalue weighted by molar-refractivity contribution is 5.82. The van der Waals surface area contributed by atoms with Crippen LogP contribution >= 0.6 is 0 Å².